The highest BCUT2D eigenvalue weighted by atomic mass is 15.3. The van der Waals surface area contributed by atoms with Gasteiger partial charge in [0.15, 0.2) is 5.96 Å². The number of rotatable bonds is 5. The van der Waals surface area contributed by atoms with E-state index in [1.54, 1.807) is 0 Å². The van der Waals surface area contributed by atoms with Gasteiger partial charge < -0.3 is 16.0 Å². The van der Waals surface area contributed by atoms with Crippen LogP contribution in [-0.4, -0.2) is 67.1 Å². The fourth-order valence-electron chi connectivity index (χ4n) is 3.54. The van der Waals surface area contributed by atoms with Crippen molar-refractivity contribution in [1.29, 1.82) is 0 Å². The average molecular weight is 310 g/mol. The van der Waals surface area contributed by atoms with Crippen molar-refractivity contribution in [2.75, 3.05) is 39.3 Å². The molecule has 3 N–H and O–H groups in total. The van der Waals surface area contributed by atoms with E-state index in [0.29, 0.717) is 18.0 Å². The predicted molar refractivity (Wildman–Crippen MR) is 94.3 cm³/mol. The van der Waals surface area contributed by atoms with Crippen molar-refractivity contribution < 1.29 is 0 Å². The normalized spacial score (nSPS) is 24.9. The topological polar surface area (TPSA) is 56.9 Å². The van der Waals surface area contributed by atoms with Crippen LogP contribution in [0.25, 0.3) is 0 Å². The molecule has 2 aliphatic rings. The average Bonchev–Trinajstić information content (AvgIpc) is 2.81. The van der Waals surface area contributed by atoms with Gasteiger partial charge in [0, 0.05) is 38.3 Å². The molecule has 1 saturated carbocycles. The third-order valence-electron chi connectivity index (χ3n) is 5.21. The van der Waals surface area contributed by atoms with Gasteiger partial charge in [0.2, 0.25) is 0 Å². The minimum Gasteiger partial charge on any atom is -0.370 e. The number of hydrogen-bond acceptors (Lipinski definition) is 3. The van der Waals surface area contributed by atoms with E-state index < -0.39 is 0 Å². The van der Waals surface area contributed by atoms with Crippen LogP contribution < -0.4 is 11.1 Å². The maximum atomic E-state index is 6.09. The highest BCUT2D eigenvalue weighted by Crippen LogP contribution is 2.17. The quantitative estimate of drug-likeness (QED) is 0.460. The summed E-state index contributed by atoms with van der Waals surface area (Å²) in [5.74, 6) is 0.644. The molecule has 5 heteroatoms. The molecule has 0 radical (unpaired) electrons. The molecule has 0 bridgehead atoms. The van der Waals surface area contributed by atoms with Gasteiger partial charge in [-0.2, -0.15) is 0 Å². The van der Waals surface area contributed by atoms with Crippen LogP contribution in [0.2, 0.25) is 0 Å². The molecule has 1 atom stereocenters. The van der Waals surface area contributed by atoms with E-state index in [-0.39, 0.29) is 0 Å². The summed E-state index contributed by atoms with van der Waals surface area (Å²) < 4.78 is 0. The lowest BCUT2D eigenvalue weighted by molar-refractivity contribution is 0.109. The summed E-state index contributed by atoms with van der Waals surface area (Å²) in [6.45, 7) is 11.1. The van der Waals surface area contributed by atoms with E-state index >= 15 is 0 Å². The Labute approximate surface area is 136 Å². The summed E-state index contributed by atoms with van der Waals surface area (Å²) in [5.41, 5.74) is 6.09. The number of nitrogens with one attached hydrogen (secondary N) is 1. The number of aliphatic imine (C=N–C) groups is 1. The van der Waals surface area contributed by atoms with Gasteiger partial charge >= 0.3 is 0 Å². The summed E-state index contributed by atoms with van der Waals surface area (Å²) in [5, 5.41) is 3.43. The Morgan fingerprint density at radius 3 is 2.36 bits per heavy atom. The number of guanidine groups is 1. The van der Waals surface area contributed by atoms with Crippen LogP contribution in [0, 0.1) is 0 Å². The van der Waals surface area contributed by atoms with Crippen LogP contribution in [0.1, 0.15) is 52.4 Å². The van der Waals surface area contributed by atoms with Crippen molar-refractivity contribution in [3.05, 3.63) is 0 Å². The lowest BCUT2D eigenvalue weighted by atomic mass is 10.1. The van der Waals surface area contributed by atoms with Crippen molar-refractivity contribution in [3.63, 3.8) is 0 Å². The Morgan fingerprint density at radius 1 is 1.14 bits per heavy atom. The molecule has 0 aromatic heterocycles. The van der Waals surface area contributed by atoms with Crippen LogP contribution in [0.4, 0.5) is 0 Å². The third kappa shape index (κ3) is 5.76. The number of nitrogens with zero attached hydrogens (tertiary/aromatic N) is 3. The van der Waals surface area contributed by atoms with Gasteiger partial charge in [-0.15, -0.1) is 0 Å². The zero-order valence-electron chi connectivity index (χ0n) is 14.6. The molecule has 2 rings (SSSR count). The maximum Gasteiger partial charge on any atom is 0.188 e. The molecule has 1 saturated heterocycles. The summed E-state index contributed by atoms with van der Waals surface area (Å²) >= 11 is 0. The van der Waals surface area contributed by atoms with Crippen LogP contribution >= 0.6 is 0 Å². The third-order valence-corrected chi connectivity index (χ3v) is 5.21. The molecule has 0 spiro atoms. The first-order chi connectivity index (χ1) is 10.7. The van der Waals surface area contributed by atoms with Crippen LogP contribution in [0.5, 0.6) is 0 Å². The SMILES string of the molecule is CCN1CCN(C(C)CN=C(N)NC2CCCCCC2)CC1. The molecular weight excluding hydrogens is 274 g/mol. The van der Waals surface area contributed by atoms with E-state index in [9.17, 15) is 0 Å². The summed E-state index contributed by atoms with van der Waals surface area (Å²) in [7, 11) is 0. The molecule has 0 aromatic carbocycles. The highest BCUT2D eigenvalue weighted by Gasteiger charge is 2.20. The van der Waals surface area contributed by atoms with Gasteiger partial charge in [-0.3, -0.25) is 9.89 Å². The second-order valence-electron chi connectivity index (χ2n) is 6.88. The summed E-state index contributed by atoms with van der Waals surface area (Å²) in [6, 6.07) is 1.02. The van der Waals surface area contributed by atoms with Crippen molar-refractivity contribution in [3.8, 4) is 0 Å². The van der Waals surface area contributed by atoms with E-state index in [1.807, 2.05) is 0 Å². The van der Waals surface area contributed by atoms with Crippen LogP contribution in [0.15, 0.2) is 4.99 Å². The van der Waals surface area contributed by atoms with Gasteiger partial charge in [0.25, 0.3) is 0 Å². The zero-order chi connectivity index (χ0) is 15.8. The first kappa shape index (κ1) is 17.5. The van der Waals surface area contributed by atoms with Gasteiger partial charge in [0.05, 0.1) is 6.54 Å². The summed E-state index contributed by atoms with van der Waals surface area (Å²) in [6.07, 6.45) is 7.87. The second-order valence-corrected chi connectivity index (χ2v) is 6.88. The first-order valence-corrected chi connectivity index (χ1v) is 9.22. The molecule has 1 unspecified atom stereocenters. The van der Waals surface area contributed by atoms with Gasteiger partial charge in [-0.1, -0.05) is 32.6 Å². The molecular formula is C17H35N5. The van der Waals surface area contributed by atoms with Crippen LogP contribution in [0.3, 0.4) is 0 Å². The molecule has 1 heterocycles. The molecule has 1 aliphatic carbocycles. The van der Waals surface area contributed by atoms with Crippen molar-refractivity contribution in [1.82, 2.24) is 15.1 Å². The summed E-state index contributed by atoms with van der Waals surface area (Å²) in [4.78, 5) is 9.64. The molecule has 22 heavy (non-hydrogen) atoms. The Kier molecular flexibility index (Phi) is 7.46. The Bertz CT molecular complexity index is 328. The van der Waals surface area contributed by atoms with Gasteiger partial charge in [-0.25, -0.2) is 0 Å². The highest BCUT2D eigenvalue weighted by molar-refractivity contribution is 5.78. The van der Waals surface area contributed by atoms with E-state index in [2.05, 4.69) is 34.0 Å². The molecule has 0 aromatic rings. The Balaban J connectivity index is 1.70. The number of nitrogens with two attached hydrogens (primary N) is 1. The number of hydrogen-bond donors (Lipinski definition) is 2. The lowest BCUT2D eigenvalue weighted by Crippen LogP contribution is -2.50. The van der Waals surface area contributed by atoms with E-state index in [1.165, 1.54) is 58.2 Å². The fourth-order valence-corrected chi connectivity index (χ4v) is 3.54. The standard InChI is InChI=1S/C17H35N5/c1-3-21-10-12-22(13-11-21)15(2)14-19-17(18)20-16-8-6-4-5-7-9-16/h15-16H,3-14H2,1-2H3,(H3,18,19,20). The lowest BCUT2D eigenvalue weighted by Gasteiger charge is -2.37. The first-order valence-electron chi connectivity index (χ1n) is 9.22. The Morgan fingerprint density at radius 2 is 1.77 bits per heavy atom. The van der Waals surface area contributed by atoms with Crippen molar-refractivity contribution in [2.24, 2.45) is 10.7 Å². The molecule has 2 fully saturated rings. The molecule has 128 valence electrons. The second kappa shape index (κ2) is 9.36. The minimum atomic E-state index is 0.480. The monoisotopic (exact) mass is 309 g/mol. The molecule has 0 amide bonds. The molecule has 5 nitrogen and oxygen atoms in total. The van der Waals surface area contributed by atoms with Crippen LogP contribution in [-0.2, 0) is 0 Å². The van der Waals surface area contributed by atoms with Crippen molar-refractivity contribution in [2.45, 2.75) is 64.5 Å². The minimum absolute atomic E-state index is 0.480. The number of likely N-dealkylation sites (N-methyl/N-ethyl adjacent to an activating group) is 1. The van der Waals surface area contributed by atoms with E-state index in [4.69, 9.17) is 5.73 Å². The number of piperazine rings is 1. The smallest absolute Gasteiger partial charge is 0.188 e. The predicted octanol–water partition coefficient (Wildman–Crippen LogP) is 1.64. The maximum absolute atomic E-state index is 6.09. The Hall–Kier alpha value is -0.810. The van der Waals surface area contributed by atoms with E-state index in [0.717, 1.165) is 19.6 Å². The molecule has 1 aliphatic heterocycles. The van der Waals surface area contributed by atoms with Gasteiger partial charge in [-0.05, 0) is 26.3 Å². The largest absolute Gasteiger partial charge is 0.370 e. The zero-order valence-corrected chi connectivity index (χ0v) is 14.6. The van der Waals surface area contributed by atoms with Gasteiger partial charge in [0.1, 0.15) is 0 Å². The fraction of sp³-hybridized carbons (Fsp3) is 0.941. The van der Waals surface area contributed by atoms with Crippen molar-refractivity contribution >= 4 is 5.96 Å².